The van der Waals surface area contributed by atoms with Crippen LogP contribution >= 0.6 is 0 Å². The maximum absolute atomic E-state index is 12.8. The first-order valence-electron chi connectivity index (χ1n) is 8.09. The largest absolute Gasteiger partial charge is 0.416 e. The van der Waals surface area contributed by atoms with E-state index in [1.807, 2.05) is 5.32 Å². The number of imide groups is 1. The Kier molecular flexibility index (Phi) is 6.22. The molecule has 1 saturated carbocycles. The fourth-order valence-corrected chi connectivity index (χ4v) is 2.70. The second-order valence-electron chi connectivity index (χ2n) is 6.15. The molecule has 0 atom stereocenters. The van der Waals surface area contributed by atoms with Crippen molar-refractivity contribution in [3.05, 3.63) is 29.3 Å². The number of anilines is 1. The van der Waals surface area contributed by atoms with E-state index in [4.69, 9.17) is 0 Å². The summed E-state index contributed by atoms with van der Waals surface area (Å²) >= 11 is 0. The Morgan fingerprint density at radius 2 is 1.44 bits per heavy atom. The lowest BCUT2D eigenvalue weighted by molar-refractivity contribution is -0.143. The molecule has 1 aliphatic rings. The third-order valence-corrected chi connectivity index (χ3v) is 3.98. The van der Waals surface area contributed by atoms with Crippen LogP contribution in [0.3, 0.4) is 0 Å². The van der Waals surface area contributed by atoms with E-state index >= 15 is 0 Å². The molecular weight excluding hydrogens is 380 g/mol. The van der Waals surface area contributed by atoms with Gasteiger partial charge in [0.1, 0.15) is 0 Å². The van der Waals surface area contributed by atoms with E-state index in [1.165, 1.54) is 0 Å². The van der Waals surface area contributed by atoms with Gasteiger partial charge >= 0.3 is 18.4 Å². The van der Waals surface area contributed by atoms with Gasteiger partial charge in [0.05, 0.1) is 17.7 Å². The molecular formula is C16H17F6N3O2. The fraction of sp³-hybridized carbons (Fsp3) is 0.500. The topological polar surface area (TPSA) is 70.2 Å². The number of amides is 3. The summed E-state index contributed by atoms with van der Waals surface area (Å²) in [5.41, 5.74) is -3.54. The minimum atomic E-state index is -4.99. The summed E-state index contributed by atoms with van der Waals surface area (Å²) in [6, 6.07) is 0.0972. The van der Waals surface area contributed by atoms with Crippen LogP contribution in [0.2, 0.25) is 0 Å². The number of hydrogen-bond acceptors (Lipinski definition) is 3. The molecule has 0 bridgehead atoms. The van der Waals surface area contributed by atoms with E-state index in [0.717, 1.165) is 25.7 Å². The van der Waals surface area contributed by atoms with Gasteiger partial charge in [-0.05, 0) is 31.0 Å². The maximum atomic E-state index is 12.8. The SMILES string of the molecule is O=C(CNc1cc(C(F)(F)F)cc(C(F)(F)F)c1)NC(=O)NC1CCCC1. The zero-order valence-electron chi connectivity index (χ0n) is 13.9. The van der Waals surface area contributed by atoms with Crippen LogP contribution in [-0.2, 0) is 17.1 Å². The standard InChI is InChI=1S/C16H17F6N3O2/c17-15(18,19)9-5-10(16(20,21)22)7-12(6-9)23-8-13(26)25-14(27)24-11-3-1-2-4-11/h5-7,11,23H,1-4,8H2,(H2,24,25,26,27). The van der Waals surface area contributed by atoms with Crippen LogP contribution in [0.4, 0.5) is 36.8 Å². The van der Waals surface area contributed by atoms with Crippen molar-refractivity contribution in [1.82, 2.24) is 10.6 Å². The third-order valence-electron chi connectivity index (χ3n) is 3.98. The van der Waals surface area contributed by atoms with E-state index in [-0.39, 0.29) is 12.1 Å². The minimum absolute atomic E-state index is 0.0136. The molecule has 0 aromatic heterocycles. The van der Waals surface area contributed by atoms with Crippen LogP contribution in [0.25, 0.3) is 0 Å². The predicted octanol–water partition coefficient (Wildman–Crippen LogP) is 3.90. The van der Waals surface area contributed by atoms with Crippen molar-refractivity contribution in [2.75, 3.05) is 11.9 Å². The molecule has 0 saturated heterocycles. The van der Waals surface area contributed by atoms with Gasteiger partial charge in [-0.2, -0.15) is 26.3 Å². The van der Waals surface area contributed by atoms with Gasteiger partial charge in [0, 0.05) is 11.7 Å². The van der Waals surface area contributed by atoms with Crippen LogP contribution < -0.4 is 16.0 Å². The number of carbonyl (C=O) groups excluding carboxylic acids is 2. The van der Waals surface area contributed by atoms with Crippen molar-refractivity contribution in [1.29, 1.82) is 0 Å². The van der Waals surface area contributed by atoms with Gasteiger partial charge in [-0.15, -0.1) is 0 Å². The van der Waals surface area contributed by atoms with E-state index in [1.54, 1.807) is 0 Å². The highest BCUT2D eigenvalue weighted by atomic mass is 19.4. The summed E-state index contributed by atoms with van der Waals surface area (Å²) in [5.74, 6) is -0.892. The molecule has 1 aromatic carbocycles. The summed E-state index contributed by atoms with van der Waals surface area (Å²) < 4.78 is 76.6. The lowest BCUT2D eigenvalue weighted by atomic mass is 10.1. The Bertz CT molecular complexity index is 664. The Morgan fingerprint density at radius 3 is 1.93 bits per heavy atom. The third kappa shape index (κ3) is 6.33. The van der Waals surface area contributed by atoms with Gasteiger partial charge in [0.15, 0.2) is 0 Å². The molecule has 3 amide bonds. The van der Waals surface area contributed by atoms with Crippen LogP contribution in [0.5, 0.6) is 0 Å². The van der Waals surface area contributed by atoms with E-state index in [2.05, 4.69) is 10.6 Å². The van der Waals surface area contributed by atoms with Crippen LogP contribution in [0, 0.1) is 0 Å². The van der Waals surface area contributed by atoms with Gasteiger partial charge < -0.3 is 10.6 Å². The number of hydrogen-bond donors (Lipinski definition) is 3. The first-order valence-corrected chi connectivity index (χ1v) is 8.09. The zero-order chi connectivity index (χ0) is 20.2. The van der Waals surface area contributed by atoms with Crippen LogP contribution in [0.1, 0.15) is 36.8 Å². The van der Waals surface area contributed by atoms with Crippen LogP contribution in [0.15, 0.2) is 18.2 Å². The number of urea groups is 1. The number of rotatable bonds is 4. The molecule has 0 aliphatic heterocycles. The van der Waals surface area contributed by atoms with Crippen molar-refractivity contribution in [3.63, 3.8) is 0 Å². The molecule has 1 aromatic rings. The molecule has 27 heavy (non-hydrogen) atoms. The van der Waals surface area contributed by atoms with Crippen molar-refractivity contribution >= 4 is 17.6 Å². The fourth-order valence-electron chi connectivity index (χ4n) is 2.70. The van der Waals surface area contributed by atoms with Gasteiger partial charge in [-0.3, -0.25) is 10.1 Å². The molecule has 0 spiro atoms. The summed E-state index contributed by atoms with van der Waals surface area (Å²) in [4.78, 5) is 23.3. The van der Waals surface area contributed by atoms with Gasteiger partial charge in [-0.1, -0.05) is 12.8 Å². The maximum Gasteiger partial charge on any atom is 0.416 e. The molecule has 1 aliphatic carbocycles. The summed E-state index contributed by atoms with van der Waals surface area (Å²) in [5, 5.41) is 6.72. The summed E-state index contributed by atoms with van der Waals surface area (Å²) in [6.07, 6.45) is -6.49. The molecule has 0 unspecified atom stereocenters. The molecule has 150 valence electrons. The number of halogens is 6. The smallest absolute Gasteiger partial charge is 0.376 e. The molecule has 0 heterocycles. The minimum Gasteiger partial charge on any atom is -0.376 e. The van der Waals surface area contributed by atoms with Crippen molar-refractivity contribution in [2.24, 2.45) is 0 Å². The Labute approximate surface area is 150 Å². The number of alkyl halides is 6. The van der Waals surface area contributed by atoms with Gasteiger partial charge in [-0.25, -0.2) is 4.79 Å². The normalized spacial score (nSPS) is 15.5. The number of nitrogens with one attached hydrogen (secondary N) is 3. The van der Waals surface area contributed by atoms with Crippen molar-refractivity contribution in [2.45, 2.75) is 44.1 Å². The lowest BCUT2D eigenvalue weighted by Gasteiger charge is -2.15. The highest BCUT2D eigenvalue weighted by molar-refractivity contribution is 5.96. The molecule has 0 radical (unpaired) electrons. The van der Waals surface area contributed by atoms with Gasteiger partial charge in [0.25, 0.3) is 0 Å². The molecule has 5 nitrogen and oxygen atoms in total. The number of benzene rings is 1. The monoisotopic (exact) mass is 397 g/mol. The van der Waals surface area contributed by atoms with Crippen LogP contribution in [-0.4, -0.2) is 24.5 Å². The second kappa shape index (κ2) is 8.05. The molecule has 11 heteroatoms. The molecule has 2 rings (SSSR count). The van der Waals surface area contributed by atoms with E-state index in [0.29, 0.717) is 12.1 Å². The lowest BCUT2D eigenvalue weighted by Crippen LogP contribution is -2.45. The van der Waals surface area contributed by atoms with E-state index in [9.17, 15) is 35.9 Å². The van der Waals surface area contributed by atoms with E-state index < -0.39 is 47.6 Å². The van der Waals surface area contributed by atoms with Gasteiger partial charge in [0.2, 0.25) is 5.91 Å². The Balaban J connectivity index is 1.99. The van der Waals surface area contributed by atoms with Crippen molar-refractivity contribution in [3.8, 4) is 0 Å². The summed E-state index contributed by atoms with van der Waals surface area (Å²) in [7, 11) is 0. The molecule has 1 fully saturated rings. The average Bonchev–Trinajstić information content (AvgIpc) is 3.03. The second-order valence-corrected chi connectivity index (χ2v) is 6.15. The first-order chi connectivity index (χ1) is 12.4. The average molecular weight is 397 g/mol. The summed E-state index contributed by atoms with van der Waals surface area (Å²) in [6.45, 7) is -0.670. The number of carbonyl (C=O) groups is 2. The zero-order valence-corrected chi connectivity index (χ0v) is 13.9. The Hall–Kier alpha value is -2.46. The highest BCUT2D eigenvalue weighted by Crippen LogP contribution is 2.37. The highest BCUT2D eigenvalue weighted by Gasteiger charge is 2.37. The predicted molar refractivity (Wildman–Crippen MR) is 83.9 cm³/mol. The Morgan fingerprint density at radius 1 is 0.926 bits per heavy atom. The van der Waals surface area contributed by atoms with Crippen molar-refractivity contribution < 1.29 is 35.9 Å². The first kappa shape index (κ1) is 20.8. The molecule has 3 N–H and O–H groups in total. The quantitative estimate of drug-likeness (QED) is 0.675.